The van der Waals surface area contributed by atoms with E-state index in [0.29, 0.717) is 16.6 Å². The first kappa shape index (κ1) is 18.3. The summed E-state index contributed by atoms with van der Waals surface area (Å²) in [4.78, 5) is 16.3. The van der Waals surface area contributed by atoms with Gasteiger partial charge in [-0.3, -0.25) is 10.4 Å². The van der Waals surface area contributed by atoms with Crippen LogP contribution < -0.4 is 10.6 Å². The van der Waals surface area contributed by atoms with Crippen LogP contribution in [0.25, 0.3) is 10.9 Å². The molecule has 28 heavy (non-hydrogen) atoms. The zero-order chi connectivity index (χ0) is 20.1. The van der Waals surface area contributed by atoms with Crippen molar-refractivity contribution in [1.29, 1.82) is 0 Å². The summed E-state index contributed by atoms with van der Waals surface area (Å²) in [6.07, 6.45) is 1.19. The highest BCUT2D eigenvalue weighted by molar-refractivity contribution is 5.91. The predicted octanol–water partition coefficient (Wildman–Crippen LogP) is 4.28. The first-order chi connectivity index (χ1) is 13.2. The van der Waals surface area contributed by atoms with Gasteiger partial charge in [-0.15, -0.1) is 0 Å². The van der Waals surface area contributed by atoms with Crippen LogP contribution in [-0.2, 0) is 5.41 Å². The number of alkyl halides is 2. The van der Waals surface area contributed by atoms with E-state index in [-0.39, 0.29) is 24.1 Å². The summed E-state index contributed by atoms with van der Waals surface area (Å²) in [6, 6.07) is 6.48. The maximum Gasteiger partial charge on any atom is 0.320 e. The minimum Gasteiger partial charge on any atom is -0.331 e. The molecule has 1 aromatic carbocycles. The lowest BCUT2D eigenvalue weighted by atomic mass is 10.0. The lowest BCUT2D eigenvalue weighted by molar-refractivity contribution is 0.0913. The van der Waals surface area contributed by atoms with Crippen LogP contribution in [0.15, 0.2) is 36.5 Å². The van der Waals surface area contributed by atoms with Gasteiger partial charge in [0.1, 0.15) is 11.6 Å². The summed E-state index contributed by atoms with van der Waals surface area (Å²) >= 11 is 0. The average Bonchev–Trinajstić information content (AvgIpc) is 2.97. The number of nitrogens with one attached hydrogen (secondary N) is 3. The number of aromatic amines is 1. The Kier molecular flexibility index (Phi) is 4.06. The summed E-state index contributed by atoms with van der Waals surface area (Å²) in [5, 5.41) is 12.6. The molecule has 3 N–H and O–H groups in total. The van der Waals surface area contributed by atoms with E-state index in [1.54, 1.807) is 19.1 Å². The maximum atomic E-state index is 13.7. The maximum absolute atomic E-state index is 13.7. The van der Waals surface area contributed by atoms with E-state index < -0.39 is 17.4 Å². The smallest absolute Gasteiger partial charge is 0.320 e. The number of carbonyl (C=O) groups is 1. The Hall–Kier alpha value is -3.10. The third kappa shape index (κ3) is 3.06. The number of anilines is 1. The lowest BCUT2D eigenvalue weighted by Crippen LogP contribution is -2.31. The van der Waals surface area contributed by atoms with Crippen LogP contribution in [-0.4, -0.2) is 27.1 Å². The molecule has 2 atom stereocenters. The number of hydrogen-bond acceptors (Lipinski definition) is 3. The Balaban J connectivity index is 1.46. The van der Waals surface area contributed by atoms with Crippen molar-refractivity contribution in [2.45, 2.75) is 37.6 Å². The number of amides is 2. The van der Waals surface area contributed by atoms with Crippen LogP contribution in [0.3, 0.4) is 0 Å². The second-order valence-corrected chi connectivity index (χ2v) is 7.27. The Morgan fingerprint density at radius 1 is 1.29 bits per heavy atom. The molecule has 3 aromatic rings. The number of carbonyl (C=O) groups excluding carboxylic acids is 1. The molecule has 1 aliphatic carbocycles. The van der Waals surface area contributed by atoms with E-state index in [2.05, 4.69) is 25.8 Å². The number of urea groups is 1. The molecule has 4 rings (SSSR count). The molecule has 1 fully saturated rings. The minimum absolute atomic E-state index is 0.235. The van der Waals surface area contributed by atoms with Gasteiger partial charge in [0.05, 0.1) is 22.7 Å². The first-order valence-electron chi connectivity index (χ1n) is 8.75. The Bertz CT molecular complexity index is 1050. The molecule has 2 amide bonds. The Morgan fingerprint density at radius 2 is 1.96 bits per heavy atom. The molecule has 6 nitrogen and oxygen atoms in total. The van der Waals surface area contributed by atoms with Crippen LogP contribution in [0, 0.1) is 5.82 Å². The molecule has 2 aromatic heterocycles. The molecular formula is C19H18F3N5O. The van der Waals surface area contributed by atoms with E-state index in [1.807, 2.05) is 0 Å². The van der Waals surface area contributed by atoms with Gasteiger partial charge in [-0.25, -0.2) is 22.9 Å². The number of aromatic nitrogens is 3. The number of rotatable bonds is 4. The van der Waals surface area contributed by atoms with Crippen LogP contribution in [0.5, 0.6) is 0 Å². The fourth-order valence-electron chi connectivity index (χ4n) is 3.25. The van der Waals surface area contributed by atoms with E-state index in [1.165, 1.54) is 31.3 Å². The second-order valence-electron chi connectivity index (χ2n) is 7.27. The average molecular weight is 389 g/mol. The van der Waals surface area contributed by atoms with Crippen LogP contribution >= 0.6 is 0 Å². The SMILES string of the molecule is C[C@@H](NC(=O)Nc1cc2n[nH]c(C3(C)CC3(F)F)c2cn1)c1ccc(F)cc1. The summed E-state index contributed by atoms with van der Waals surface area (Å²) in [7, 11) is 0. The van der Waals surface area contributed by atoms with Gasteiger partial charge in [0.25, 0.3) is 5.92 Å². The zero-order valence-corrected chi connectivity index (χ0v) is 15.2. The monoisotopic (exact) mass is 389 g/mol. The van der Waals surface area contributed by atoms with E-state index in [0.717, 1.165) is 5.56 Å². The number of hydrogen-bond donors (Lipinski definition) is 3. The van der Waals surface area contributed by atoms with Gasteiger partial charge in [0.2, 0.25) is 0 Å². The summed E-state index contributed by atoms with van der Waals surface area (Å²) in [5.74, 6) is -2.88. The van der Waals surface area contributed by atoms with Gasteiger partial charge in [0, 0.05) is 24.1 Å². The minimum atomic E-state index is -2.76. The predicted molar refractivity (Wildman–Crippen MR) is 97.8 cm³/mol. The van der Waals surface area contributed by atoms with Gasteiger partial charge < -0.3 is 5.32 Å². The van der Waals surface area contributed by atoms with Crippen molar-refractivity contribution in [3.63, 3.8) is 0 Å². The number of benzene rings is 1. The molecule has 0 bridgehead atoms. The summed E-state index contributed by atoms with van der Waals surface area (Å²) < 4.78 is 40.3. The van der Waals surface area contributed by atoms with Crippen LogP contribution in [0.1, 0.15) is 37.6 Å². The fourth-order valence-corrected chi connectivity index (χ4v) is 3.25. The van der Waals surface area contributed by atoms with Gasteiger partial charge in [-0.2, -0.15) is 5.10 Å². The molecular weight excluding hydrogens is 371 g/mol. The molecule has 1 aliphatic rings. The van der Waals surface area contributed by atoms with Crippen LogP contribution in [0.2, 0.25) is 0 Å². The highest BCUT2D eigenvalue weighted by Gasteiger charge is 2.70. The zero-order valence-electron chi connectivity index (χ0n) is 15.2. The van der Waals surface area contributed by atoms with Gasteiger partial charge in [0.15, 0.2) is 0 Å². The highest BCUT2D eigenvalue weighted by atomic mass is 19.3. The van der Waals surface area contributed by atoms with E-state index in [9.17, 15) is 18.0 Å². The Morgan fingerprint density at radius 3 is 2.61 bits per heavy atom. The van der Waals surface area contributed by atoms with E-state index >= 15 is 0 Å². The number of pyridine rings is 1. The largest absolute Gasteiger partial charge is 0.331 e. The number of halogens is 3. The molecule has 146 valence electrons. The lowest BCUT2D eigenvalue weighted by Gasteiger charge is -2.15. The topological polar surface area (TPSA) is 82.7 Å². The molecule has 2 heterocycles. The molecule has 1 unspecified atom stereocenters. The second kappa shape index (κ2) is 6.22. The third-order valence-corrected chi connectivity index (χ3v) is 5.21. The molecule has 1 saturated carbocycles. The third-order valence-electron chi connectivity index (χ3n) is 5.21. The highest BCUT2D eigenvalue weighted by Crippen LogP contribution is 2.61. The molecule has 0 saturated heterocycles. The first-order valence-corrected chi connectivity index (χ1v) is 8.75. The number of H-pyrrole nitrogens is 1. The van der Waals surface area contributed by atoms with Gasteiger partial charge >= 0.3 is 6.03 Å². The quantitative estimate of drug-likeness (QED) is 0.623. The molecule has 0 spiro atoms. The summed E-state index contributed by atoms with van der Waals surface area (Å²) in [5.41, 5.74) is 0.271. The van der Waals surface area contributed by atoms with Crippen LogP contribution in [0.4, 0.5) is 23.8 Å². The van der Waals surface area contributed by atoms with Crippen molar-refractivity contribution in [3.05, 3.63) is 53.6 Å². The fraction of sp³-hybridized carbons (Fsp3) is 0.316. The normalized spacial score (nSPS) is 21.3. The molecule has 0 radical (unpaired) electrons. The van der Waals surface area contributed by atoms with Crippen molar-refractivity contribution >= 4 is 22.8 Å². The standard InChI is InChI=1S/C19H18F3N5O/c1-10(11-3-5-12(20)6-4-11)24-17(28)25-15-7-14-13(8-23-15)16(27-26-14)18(2)9-19(18,21)22/h3-8,10H,9H2,1-2H3,(H,26,27)(H2,23,24,25,28)/t10-,18?/m1/s1. The van der Waals surface area contributed by atoms with Gasteiger partial charge in [-0.05, 0) is 31.5 Å². The summed E-state index contributed by atoms with van der Waals surface area (Å²) in [6.45, 7) is 3.25. The van der Waals surface area contributed by atoms with Crippen molar-refractivity contribution < 1.29 is 18.0 Å². The van der Waals surface area contributed by atoms with Gasteiger partial charge in [-0.1, -0.05) is 12.1 Å². The Labute approximate surface area is 158 Å². The van der Waals surface area contributed by atoms with Crippen molar-refractivity contribution in [2.75, 3.05) is 5.32 Å². The van der Waals surface area contributed by atoms with Crippen molar-refractivity contribution in [3.8, 4) is 0 Å². The van der Waals surface area contributed by atoms with Crippen molar-refractivity contribution in [1.82, 2.24) is 20.5 Å². The molecule has 9 heteroatoms. The molecule has 0 aliphatic heterocycles. The van der Waals surface area contributed by atoms with Crippen molar-refractivity contribution in [2.24, 2.45) is 0 Å². The number of fused-ring (bicyclic) bond motifs is 1. The number of nitrogens with zero attached hydrogens (tertiary/aromatic N) is 2. The van der Waals surface area contributed by atoms with E-state index in [4.69, 9.17) is 0 Å².